The number of carbonyl (C=O) groups excluding carboxylic acids is 1. The number of alkyl halides is 1. The van der Waals surface area contributed by atoms with E-state index < -0.39 is 11.7 Å². The number of esters is 1. The van der Waals surface area contributed by atoms with Crippen molar-refractivity contribution in [3.8, 4) is 11.1 Å². The Morgan fingerprint density at radius 2 is 1.68 bits per heavy atom. The van der Waals surface area contributed by atoms with E-state index in [4.69, 9.17) is 4.74 Å². The molecule has 1 saturated heterocycles. The molecule has 0 radical (unpaired) electrons. The number of cyclic esters (lactones) is 1. The second-order valence-corrected chi connectivity index (χ2v) is 6.82. The molecule has 4 heteroatoms. The van der Waals surface area contributed by atoms with E-state index in [1.54, 1.807) is 6.92 Å². The molecule has 1 aliphatic rings. The molecule has 0 amide bonds. The van der Waals surface area contributed by atoms with Crippen molar-refractivity contribution in [2.75, 3.05) is 0 Å². The van der Waals surface area contributed by atoms with Gasteiger partial charge in [0.25, 0.3) is 0 Å². The predicted molar refractivity (Wildman–Crippen MR) is 88.7 cm³/mol. The van der Waals surface area contributed by atoms with Gasteiger partial charge in [0.05, 0.1) is 16.8 Å². The second kappa shape index (κ2) is 5.86. The van der Waals surface area contributed by atoms with Crippen molar-refractivity contribution in [1.29, 1.82) is 0 Å². The van der Waals surface area contributed by atoms with E-state index in [0.717, 1.165) is 16.7 Å². The Morgan fingerprint density at radius 3 is 2.32 bits per heavy atom. The Labute approximate surface area is 138 Å². The van der Waals surface area contributed by atoms with E-state index in [1.165, 1.54) is 0 Å². The van der Waals surface area contributed by atoms with E-state index in [0.29, 0.717) is 0 Å². The molecule has 114 valence electrons. The lowest BCUT2D eigenvalue weighted by molar-refractivity contribution is -0.166. The lowest BCUT2D eigenvalue weighted by Crippen LogP contribution is -2.47. The lowest BCUT2D eigenvalue weighted by atomic mass is 9.88. The van der Waals surface area contributed by atoms with Crippen LogP contribution in [0.2, 0.25) is 0 Å². The van der Waals surface area contributed by atoms with Gasteiger partial charge in [-0.15, -0.1) is 0 Å². The summed E-state index contributed by atoms with van der Waals surface area (Å²) >= 11 is 3.48. The fourth-order valence-electron chi connectivity index (χ4n) is 2.69. The first-order chi connectivity index (χ1) is 10.5. The zero-order chi connectivity index (χ0) is 15.7. The minimum absolute atomic E-state index is 0.00150. The van der Waals surface area contributed by atoms with Crippen molar-refractivity contribution >= 4 is 21.9 Å². The van der Waals surface area contributed by atoms with E-state index in [1.807, 2.05) is 54.6 Å². The topological polar surface area (TPSA) is 46.5 Å². The van der Waals surface area contributed by atoms with Gasteiger partial charge in [-0.2, -0.15) is 0 Å². The molecule has 1 fully saturated rings. The highest BCUT2D eigenvalue weighted by atomic mass is 79.9. The van der Waals surface area contributed by atoms with E-state index in [-0.39, 0.29) is 17.2 Å². The number of halogens is 1. The molecule has 1 aliphatic heterocycles. The molecule has 3 rings (SSSR count). The average molecular weight is 361 g/mol. The van der Waals surface area contributed by atoms with Gasteiger partial charge in [0.2, 0.25) is 0 Å². The standard InChI is InChI=1S/C18H17BrO3/c1-18(21)11-15(20)22-16(17(18)19)14-9-7-13(8-10-14)12-5-3-2-4-6-12/h2-10,16-17,21H,11H2,1H3. The first-order valence-corrected chi connectivity index (χ1v) is 8.10. The first kappa shape index (κ1) is 15.3. The van der Waals surface area contributed by atoms with Gasteiger partial charge in [0.1, 0.15) is 6.10 Å². The number of rotatable bonds is 2. The predicted octanol–water partition coefficient (Wildman–Crippen LogP) is 3.86. The third kappa shape index (κ3) is 2.94. The van der Waals surface area contributed by atoms with Crippen molar-refractivity contribution in [2.45, 2.75) is 29.9 Å². The van der Waals surface area contributed by atoms with Crippen LogP contribution in [-0.2, 0) is 9.53 Å². The molecule has 0 aliphatic carbocycles. The van der Waals surface area contributed by atoms with Crippen LogP contribution in [0, 0.1) is 0 Å². The van der Waals surface area contributed by atoms with Gasteiger partial charge in [-0.25, -0.2) is 0 Å². The lowest BCUT2D eigenvalue weighted by Gasteiger charge is -2.38. The molecule has 0 saturated carbocycles. The maximum Gasteiger partial charge on any atom is 0.309 e. The van der Waals surface area contributed by atoms with Crippen LogP contribution in [0.5, 0.6) is 0 Å². The first-order valence-electron chi connectivity index (χ1n) is 7.19. The molecule has 22 heavy (non-hydrogen) atoms. The highest BCUT2D eigenvalue weighted by Gasteiger charge is 2.45. The molecular formula is C18H17BrO3. The van der Waals surface area contributed by atoms with Gasteiger partial charge in [-0.05, 0) is 23.6 Å². The number of carbonyl (C=O) groups is 1. The Morgan fingerprint density at radius 1 is 1.09 bits per heavy atom. The number of hydrogen-bond acceptors (Lipinski definition) is 3. The fraction of sp³-hybridized carbons (Fsp3) is 0.278. The summed E-state index contributed by atoms with van der Waals surface area (Å²) in [7, 11) is 0. The van der Waals surface area contributed by atoms with E-state index in [9.17, 15) is 9.90 Å². The summed E-state index contributed by atoms with van der Waals surface area (Å²) in [5.41, 5.74) is 1.99. The fourth-order valence-corrected chi connectivity index (χ4v) is 3.27. The molecule has 2 aromatic rings. The minimum atomic E-state index is -1.11. The zero-order valence-corrected chi connectivity index (χ0v) is 13.8. The highest BCUT2D eigenvalue weighted by Crippen LogP contribution is 2.40. The van der Waals surface area contributed by atoms with Gasteiger partial charge in [-0.1, -0.05) is 70.5 Å². The summed E-state index contributed by atoms with van der Waals surface area (Å²) in [6.07, 6.45) is -0.484. The molecule has 0 bridgehead atoms. The average Bonchev–Trinajstić information content (AvgIpc) is 2.51. The van der Waals surface area contributed by atoms with Crippen LogP contribution in [0.1, 0.15) is 25.0 Å². The number of aliphatic hydroxyl groups is 1. The van der Waals surface area contributed by atoms with Gasteiger partial charge < -0.3 is 9.84 Å². The largest absolute Gasteiger partial charge is 0.456 e. The van der Waals surface area contributed by atoms with Crippen LogP contribution in [0.15, 0.2) is 54.6 Å². The molecule has 3 nitrogen and oxygen atoms in total. The summed E-state index contributed by atoms with van der Waals surface area (Å²) in [5, 5.41) is 10.3. The van der Waals surface area contributed by atoms with Gasteiger partial charge >= 0.3 is 5.97 Å². The normalized spacial score (nSPS) is 28.2. The Hall–Kier alpha value is -1.65. The number of benzene rings is 2. The van der Waals surface area contributed by atoms with Gasteiger partial charge in [0, 0.05) is 0 Å². The van der Waals surface area contributed by atoms with E-state index >= 15 is 0 Å². The Balaban J connectivity index is 1.88. The third-order valence-electron chi connectivity index (χ3n) is 3.97. The molecule has 2 aromatic carbocycles. The third-order valence-corrected chi connectivity index (χ3v) is 5.43. The van der Waals surface area contributed by atoms with Crippen LogP contribution in [0.25, 0.3) is 11.1 Å². The maximum atomic E-state index is 11.7. The van der Waals surface area contributed by atoms with Gasteiger partial charge in [-0.3, -0.25) is 4.79 Å². The zero-order valence-electron chi connectivity index (χ0n) is 12.2. The molecule has 1 heterocycles. The van der Waals surface area contributed by atoms with Crippen LogP contribution in [0.4, 0.5) is 0 Å². The molecular weight excluding hydrogens is 344 g/mol. The van der Waals surface area contributed by atoms with Crippen molar-refractivity contribution in [1.82, 2.24) is 0 Å². The van der Waals surface area contributed by atoms with Crippen LogP contribution in [0.3, 0.4) is 0 Å². The van der Waals surface area contributed by atoms with E-state index in [2.05, 4.69) is 15.9 Å². The smallest absolute Gasteiger partial charge is 0.309 e. The molecule has 3 atom stereocenters. The molecule has 3 unspecified atom stereocenters. The van der Waals surface area contributed by atoms with Crippen molar-refractivity contribution in [3.63, 3.8) is 0 Å². The summed E-state index contributed by atoms with van der Waals surface area (Å²) in [5.74, 6) is -0.377. The Kier molecular flexibility index (Phi) is 4.06. The maximum absolute atomic E-state index is 11.7. The minimum Gasteiger partial charge on any atom is -0.456 e. The summed E-state index contributed by atoms with van der Waals surface area (Å²) in [6, 6.07) is 18.0. The monoisotopic (exact) mass is 360 g/mol. The van der Waals surface area contributed by atoms with Gasteiger partial charge in [0.15, 0.2) is 0 Å². The number of hydrogen-bond donors (Lipinski definition) is 1. The van der Waals surface area contributed by atoms with Crippen LogP contribution >= 0.6 is 15.9 Å². The number of ether oxygens (including phenoxy) is 1. The Bertz CT molecular complexity index is 664. The van der Waals surface area contributed by atoms with Crippen molar-refractivity contribution in [2.24, 2.45) is 0 Å². The second-order valence-electron chi connectivity index (χ2n) is 5.83. The molecule has 0 aromatic heterocycles. The van der Waals surface area contributed by atoms with Crippen LogP contribution < -0.4 is 0 Å². The molecule has 1 N–H and O–H groups in total. The summed E-state index contributed by atoms with van der Waals surface area (Å²) in [6.45, 7) is 1.65. The van der Waals surface area contributed by atoms with Crippen molar-refractivity contribution in [3.05, 3.63) is 60.2 Å². The molecule has 0 spiro atoms. The quantitative estimate of drug-likeness (QED) is 0.653. The van der Waals surface area contributed by atoms with Crippen LogP contribution in [-0.4, -0.2) is 21.5 Å². The SMILES string of the molecule is CC1(O)CC(=O)OC(c2ccc(-c3ccccc3)cc2)C1Br. The highest BCUT2D eigenvalue weighted by molar-refractivity contribution is 9.09. The summed E-state index contributed by atoms with van der Waals surface area (Å²) in [4.78, 5) is 11.4. The summed E-state index contributed by atoms with van der Waals surface area (Å²) < 4.78 is 5.42. The van der Waals surface area contributed by atoms with Crippen molar-refractivity contribution < 1.29 is 14.6 Å².